The highest BCUT2D eigenvalue weighted by Crippen LogP contribution is 2.26. The summed E-state index contributed by atoms with van der Waals surface area (Å²) in [5.74, 6) is 2.32. The van der Waals surface area contributed by atoms with Crippen LogP contribution in [0.5, 0.6) is 11.5 Å². The summed E-state index contributed by atoms with van der Waals surface area (Å²) in [6, 6.07) is 8.14. The Bertz CT molecular complexity index is 583. The predicted molar refractivity (Wildman–Crippen MR) is 107 cm³/mol. The van der Waals surface area contributed by atoms with E-state index in [1.54, 1.807) is 14.2 Å². The Morgan fingerprint density at radius 2 is 2.04 bits per heavy atom. The van der Waals surface area contributed by atoms with Gasteiger partial charge in [0.25, 0.3) is 0 Å². The van der Waals surface area contributed by atoms with Gasteiger partial charge in [-0.2, -0.15) is 0 Å². The summed E-state index contributed by atoms with van der Waals surface area (Å²) in [4.78, 5) is 6.76. The van der Waals surface area contributed by atoms with Gasteiger partial charge in [-0.05, 0) is 31.9 Å². The maximum atomic E-state index is 5.98. The molecule has 0 saturated carbocycles. The molecule has 0 spiro atoms. The number of ether oxygens (including phenoxy) is 2. The van der Waals surface area contributed by atoms with E-state index in [2.05, 4.69) is 27.1 Å². The van der Waals surface area contributed by atoms with Crippen LogP contribution in [-0.4, -0.2) is 63.3 Å². The highest BCUT2D eigenvalue weighted by molar-refractivity contribution is 5.80. The lowest BCUT2D eigenvalue weighted by Gasteiger charge is -2.32. The minimum absolute atomic E-state index is 0.0145. The summed E-state index contributed by atoms with van der Waals surface area (Å²) in [5, 5.41) is 6.87. The zero-order valence-electron chi connectivity index (χ0n) is 16.2. The molecule has 1 unspecified atom stereocenters. The molecule has 1 fully saturated rings. The third kappa shape index (κ3) is 6.26. The van der Waals surface area contributed by atoms with E-state index in [0.29, 0.717) is 12.6 Å². The Hall–Kier alpha value is -2.21. The lowest BCUT2D eigenvalue weighted by molar-refractivity contribution is 0.211. The summed E-state index contributed by atoms with van der Waals surface area (Å²) >= 11 is 0. The first-order chi connectivity index (χ1) is 12.7. The van der Waals surface area contributed by atoms with Gasteiger partial charge in [-0.25, -0.2) is 0 Å². The van der Waals surface area contributed by atoms with E-state index in [4.69, 9.17) is 9.47 Å². The van der Waals surface area contributed by atoms with Crippen molar-refractivity contribution in [3.05, 3.63) is 36.9 Å². The summed E-state index contributed by atoms with van der Waals surface area (Å²) in [6.45, 7) is 9.65. The number of hydrogen-bond acceptors (Lipinski definition) is 4. The largest absolute Gasteiger partial charge is 0.493 e. The lowest BCUT2D eigenvalue weighted by atomic mass is 10.1. The van der Waals surface area contributed by atoms with E-state index in [1.807, 2.05) is 37.3 Å². The molecule has 0 radical (unpaired) electrons. The van der Waals surface area contributed by atoms with Crippen molar-refractivity contribution in [2.45, 2.75) is 31.9 Å². The molecular formula is C20H32N4O2. The van der Waals surface area contributed by atoms with E-state index in [9.17, 15) is 0 Å². The zero-order valence-corrected chi connectivity index (χ0v) is 16.2. The highest BCUT2D eigenvalue weighted by Gasteiger charge is 2.19. The molecule has 1 aromatic carbocycles. The van der Waals surface area contributed by atoms with Gasteiger partial charge in [-0.1, -0.05) is 18.2 Å². The topological polar surface area (TPSA) is 58.1 Å². The molecule has 0 amide bonds. The van der Waals surface area contributed by atoms with Gasteiger partial charge in [0.2, 0.25) is 0 Å². The van der Waals surface area contributed by atoms with Gasteiger partial charge in [-0.15, -0.1) is 6.58 Å². The summed E-state index contributed by atoms with van der Waals surface area (Å²) in [7, 11) is 3.45. The fraction of sp³-hybridized carbons (Fsp3) is 0.550. The molecule has 144 valence electrons. The molecule has 1 saturated heterocycles. The molecule has 0 aliphatic carbocycles. The van der Waals surface area contributed by atoms with Crippen molar-refractivity contribution < 1.29 is 9.47 Å². The molecule has 1 aliphatic heterocycles. The third-order valence-electron chi connectivity index (χ3n) is 4.49. The zero-order chi connectivity index (χ0) is 18.8. The molecule has 1 atom stereocenters. The number of benzene rings is 1. The van der Waals surface area contributed by atoms with Crippen LogP contribution in [0.4, 0.5) is 0 Å². The predicted octanol–water partition coefficient (Wildman–Crippen LogP) is 2.28. The van der Waals surface area contributed by atoms with Gasteiger partial charge in [0, 0.05) is 32.7 Å². The molecule has 6 nitrogen and oxygen atoms in total. The second kappa shape index (κ2) is 10.7. The Balaban J connectivity index is 1.75. The number of rotatable bonds is 8. The van der Waals surface area contributed by atoms with E-state index >= 15 is 0 Å². The van der Waals surface area contributed by atoms with Crippen molar-refractivity contribution in [1.29, 1.82) is 0 Å². The SMILES string of the molecule is C=CCN1CCC(NC(=NC)NCC(C)Oc2ccccc2OC)CC1. The van der Waals surface area contributed by atoms with Gasteiger partial charge in [0.05, 0.1) is 13.7 Å². The Kier molecular flexibility index (Phi) is 8.28. The highest BCUT2D eigenvalue weighted by atomic mass is 16.5. The molecule has 0 aromatic heterocycles. The van der Waals surface area contributed by atoms with Crippen molar-refractivity contribution in [1.82, 2.24) is 15.5 Å². The summed E-state index contributed by atoms with van der Waals surface area (Å²) in [6.07, 6.45) is 4.18. The molecule has 6 heteroatoms. The number of likely N-dealkylation sites (tertiary alicyclic amines) is 1. The third-order valence-corrected chi connectivity index (χ3v) is 4.49. The number of piperidine rings is 1. The number of methoxy groups -OCH3 is 1. The standard InChI is InChI=1S/C20H32N4O2/c1-5-12-24-13-10-17(11-14-24)23-20(21-3)22-15-16(2)26-19-9-7-6-8-18(19)25-4/h5-9,16-17H,1,10-15H2,2-4H3,(H2,21,22,23). The Morgan fingerprint density at radius 3 is 2.65 bits per heavy atom. The van der Waals surface area contributed by atoms with Crippen LogP contribution in [0.3, 0.4) is 0 Å². The van der Waals surface area contributed by atoms with E-state index < -0.39 is 0 Å². The summed E-state index contributed by atoms with van der Waals surface area (Å²) < 4.78 is 11.3. The smallest absolute Gasteiger partial charge is 0.191 e. The van der Waals surface area contributed by atoms with Gasteiger partial charge >= 0.3 is 0 Å². The fourth-order valence-corrected chi connectivity index (χ4v) is 3.05. The number of hydrogen-bond donors (Lipinski definition) is 2. The van der Waals surface area contributed by atoms with Crippen molar-refractivity contribution in [3.8, 4) is 11.5 Å². The lowest BCUT2D eigenvalue weighted by Crippen LogP contribution is -2.50. The Morgan fingerprint density at radius 1 is 1.35 bits per heavy atom. The molecule has 1 heterocycles. The maximum Gasteiger partial charge on any atom is 0.191 e. The van der Waals surface area contributed by atoms with Gasteiger partial charge in [0.1, 0.15) is 6.10 Å². The first kappa shape index (κ1) is 20.1. The monoisotopic (exact) mass is 360 g/mol. The van der Waals surface area contributed by atoms with E-state index in [-0.39, 0.29) is 6.10 Å². The van der Waals surface area contributed by atoms with Gasteiger partial charge < -0.3 is 20.1 Å². The number of para-hydroxylation sites is 2. The minimum atomic E-state index is -0.0145. The van der Waals surface area contributed by atoms with Crippen molar-refractivity contribution in [2.75, 3.05) is 40.3 Å². The molecule has 2 rings (SSSR count). The van der Waals surface area contributed by atoms with Crippen LogP contribution in [0.15, 0.2) is 41.9 Å². The molecular weight excluding hydrogens is 328 g/mol. The molecule has 1 aromatic rings. The van der Waals surface area contributed by atoms with Crippen LogP contribution in [-0.2, 0) is 0 Å². The molecule has 2 N–H and O–H groups in total. The fourth-order valence-electron chi connectivity index (χ4n) is 3.05. The van der Waals surface area contributed by atoms with E-state index in [0.717, 1.165) is 49.9 Å². The summed E-state index contributed by atoms with van der Waals surface area (Å²) in [5.41, 5.74) is 0. The van der Waals surface area contributed by atoms with Crippen LogP contribution >= 0.6 is 0 Å². The van der Waals surface area contributed by atoms with Crippen LogP contribution in [0.1, 0.15) is 19.8 Å². The molecule has 0 bridgehead atoms. The van der Waals surface area contributed by atoms with Crippen LogP contribution in [0, 0.1) is 0 Å². The van der Waals surface area contributed by atoms with Crippen molar-refractivity contribution in [2.24, 2.45) is 4.99 Å². The Labute approximate surface area is 157 Å². The van der Waals surface area contributed by atoms with Crippen LogP contribution in [0.25, 0.3) is 0 Å². The quantitative estimate of drug-likeness (QED) is 0.423. The molecule has 26 heavy (non-hydrogen) atoms. The second-order valence-electron chi connectivity index (χ2n) is 6.54. The van der Waals surface area contributed by atoms with Crippen molar-refractivity contribution in [3.63, 3.8) is 0 Å². The number of nitrogens with one attached hydrogen (secondary N) is 2. The number of guanidine groups is 1. The minimum Gasteiger partial charge on any atom is -0.493 e. The normalized spacial score (nSPS) is 17.4. The number of aliphatic imine (C=N–C) groups is 1. The first-order valence-corrected chi connectivity index (χ1v) is 9.26. The first-order valence-electron chi connectivity index (χ1n) is 9.26. The number of nitrogens with zero attached hydrogens (tertiary/aromatic N) is 2. The van der Waals surface area contributed by atoms with Crippen molar-refractivity contribution >= 4 is 5.96 Å². The average molecular weight is 361 g/mol. The molecule has 1 aliphatic rings. The van der Waals surface area contributed by atoms with Crippen LogP contribution in [0.2, 0.25) is 0 Å². The second-order valence-corrected chi connectivity index (χ2v) is 6.54. The van der Waals surface area contributed by atoms with E-state index in [1.165, 1.54) is 0 Å². The van der Waals surface area contributed by atoms with Crippen LogP contribution < -0.4 is 20.1 Å². The van der Waals surface area contributed by atoms with Gasteiger partial charge in [-0.3, -0.25) is 9.89 Å². The van der Waals surface area contributed by atoms with Gasteiger partial charge in [0.15, 0.2) is 17.5 Å². The average Bonchev–Trinajstić information content (AvgIpc) is 2.67. The maximum absolute atomic E-state index is 5.98.